The van der Waals surface area contributed by atoms with Crippen molar-refractivity contribution < 1.29 is 13.9 Å². The Morgan fingerprint density at radius 3 is 3.18 bits per heavy atom. The van der Waals surface area contributed by atoms with Crippen LogP contribution in [0.5, 0.6) is 0 Å². The summed E-state index contributed by atoms with van der Waals surface area (Å²) in [4.78, 5) is 18.8. The maximum atomic E-state index is 11.3. The lowest BCUT2D eigenvalue weighted by molar-refractivity contribution is 0.0519. The Labute approximate surface area is 95.5 Å². The van der Waals surface area contributed by atoms with Crippen molar-refractivity contribution in [3.8, 4) is 12.1 Å². The number of hydrogen-bond donors (Lipinski definition) is 0. The third kappa shape index (κ3) is 2.12. The molecule has 8 nitrogen and oxygen atoms in total. The molecule has 86 valence electrons. The normalized spacial score (nSPS) is 9.88. The number of nitrogens with zero attached hydrogens (tertiary/aromatic N) is 5. The molecule has 0 bridgehead atoms. The number of ether oxygens (including phenoxy) is 1. The standard InChI is InChI=1S/C9H7N5O3/c1-2-16-8(15)6-4-17-9(12-6)14-5-11-7(3-10)13-14/h4-5H,2H2,1H3. The fourth-order valence-electron chi connectivity index (χ4n) is 1.07. The third-order valence-electron chi connectivity index (χ3n) is 1.76. The third-order valence-corrected chi connectivity index (χ3v) is 1.76. The van der Waals surface area contributed by atoms with Crippen molar-refractivity contribution in [3.05, 3.63) is 24.1 Å². The summed E-state index contributed by atoms with van der Waals surface area (Å²) >= 11 is 0. The lowest BCUT2D eigenvalue weighted by atomic mass is 10.5. The smallest absolute Gasteiger partial charge is 0.360 e. The number of oxazole rings is 1. The summed E-state index contributed by atoms with van der Waals surface area (Å²) in [6, 6.07) is 1.81. The zero-order valence-electron chi connectivity index (χ0n) is 8.82. The number of aromatic nitrogens is 4. The molecule has 17 heavy (non-hydrogen) atoms. The van der Waals surface area contributed by atoms with Gasteiger partial charge in [0, 0.05) is 0 Å². The summed E-state index contributed by atoms with van der Waals surface area (Å²) in [5, 5.41) is 12.3. The first-order chi connectivity index (χ1) is 8.24. The average molecular weight is 233 g/mol. The van der Waals surface area contributed by atoms with E-state index in [9.17, 15) is 4.79 Å². The van der Waals surface area contributed by atoms with Gasteiger partial charge in [-0.25, -0.2) is 9.78 Å². The lowest BCUT2D eigenvalue weighted by Crippen LogP contribution is -2.05. The van der Waals surface area contributed by atoms with E-state index in [-0.39, 0.29) is 24.1 Å². The second-order valence-corrected chi connectivity index (χ2v) is 2.86. The molecule has 0 saturated carbocycles. The number of hydrogen-bond acceptors (Lipinski definition) is 7. The van der Waals surface area contributed by atoms with Gasteiger partial charge in [-0.1, -0.05) is 0 Å². The van der Waals surface area contributed by atoms with Gasteiger partial charge in [0.2, 0.25) is 0 Å². The molecule has 2 aromatic rings. The van der Waals surface area contributed by atoms with E-state index >= 15 is 0 Å². The van der Waals surface area contributed by atoms with Crippen LogP contribution in [0.15, 0.2) is 17.0 Å². The zero-order valence-corrected chi connectivity index (χ0v) is 8.82. The first kappa shape index (κ1) is 10.8. The predicted molar refractivity (Wildman–Crippen MR) is 52.1 cm³/mol. The molecule has 0 aliphatic heterocycles. The Morgan fingerprint density at radius 2 is 2.53 bits per heavy atom. The van der Waals surface area contributed by atoms with Gasteiger partial charge in [0.1, 0.15) is 18.7 Å². The molecule has 0 unspecified atom stereocenters. The maximum Gasteiger partial charge on any atom is 0.360 e. The van der Waals surface area contributed by atoms with Gasteiger partial charge < -0.3 is 9.15 Å². The molecule has 0 saturated heterocycles. The van der Waals surface area contributed by atoms with Crippen molar-refractivity contribution in [1.29, 1.82) is 5.26 Å². The highest BCUT2D eigenvalue weighted by molar-refractivity contribution is 5.86. The monoisotopic (exact) mass is 233 g/mol. The molecule has 0 fully saturated rings. The Morgan fingerprint density at radius 1 is 1.71 bits per heavy atom. The molecule has 8 heteroatoms. The quantitative estimate of drug-likeness (QED) is 0.701. The van der Waals surface area contributed by atoms with Gasteiger partial charge in [0.05, 0.1) is 6.61 Å². The topological polar surface area (TPSA) is 107 Å². The second-order valence-electron chi connectivity index (χ2n) is 2.86. The first-order valence-electron chi connectivity index (χ1n) is 4.69. The summed E-state index contributed by atoms with van der Waals surface area (Å²) < 4.78 is 10.9. The summed E-state index contributed by atoms with van der Waals surface area (Å²) in [7, 11) is 0. The van der Waals surface area contributed by atoms with Crippen LogP contribution in [0, 0.1) is 11.3 Å². The van der Waals surface area contributed by atoms with Gasteiger partial charge in [0.15, 0.2) is 5.69 Å². The van der Waals surface area contributed by atoms with Gasteiger partial charge in [-0.15, -0.1) is 5.10 Å². The Balaban J connectivity index is 2.24. The van der Waals surface area contributed by atoms with Crippen molar-refractivity contribution in [2.45, 2.75) is 6.92 Å². The Kier molecular flexibility index (Phi) is 2.83. The van der Waals surface area contributed by atoms with E-state index in [1.807, 2.05) is 0 Å². The van der Waals surface area contributed by atoms with Crippen LogP contribution in [0.3, 0.4) is 0 Å². The molecule has 0 aliphatic rings. The van der Waals surface area contributed by atoms with Crippen molar-refractivity contribution >= 4 is 5.97 Å². The highest BCUT2D eigenvalue weighted by Crippen LogP contribution is 2.07. The van der Waals surface area contributed by atoms with E-state index in [1.54, 1.807) is 13.0 Å². The highest BCUT2D eigenvalue weighted by atomic mass is 16.5. The second kappa shape index (κ2) is 4.44. The lowest BCUT2D eigenvalue weighted by Gasteiger charge is -1.94. The van der Waals surface area contributed by atoms with E-state index in [1.165, 1.54) is 6.33 Å². The van der Waals surface area contributed by atoms with E-state index in [0.717, 1.165) is 10.9 Å². The average Bonchev–Trinajstić information content (AvgIpc) is 2.98. The maximum absolute atomic E-state index is 11.3. The fourth-order valence-corrected chi connectivity index (χ4v) is 1.07. The highest BCUT2D eigenvalue weighted by Gasteiger charge is 2.15. The fraction of sp³-hybridized carbons (Fsp3) is 0.222. The number of esters is 1. The number of nitriles is 1. The van der Waals surface area contributed by atoms with Crippen LogP contribution < -0.4 is 0 Å². The molecule has 0 radical (unpaired) electrons. The largest absolute Gasteiger partial charge is 0.461 e. The molecule has 2 aromatic heterocycles. The van der Waals surface area contributed by atoms with Crippen LogP contribution in [0.25, 0.3) is 6.01 Å². The van der Waals surface area contributed by atoms with Crippen LogP contribution in [-0.2, 0) is 4.74 Å². The minimum absolute atomic E-state index is 0.0131. The molecule has 0 N–H and O–H groups in total. The molecule has 0 amide bonds. The minimum atomic E-state index is -0.580. The predicted octanol–water partition coefficient (Wildman–Crippen LogP) is 0.304. The van der Waals surface area contributed by atoms with E-state index in [2.05, 4.69) is 15.1 Å². The van der Waals surface area contributed by atoms with Crippen LogP contribution in [0.1, 0.15) is 23.2 Å². The molecule has 0 atom stereocenters. The zero-order chi connectivity index (χ0) is 12.3. The summed E-state index contributed by atoms with van der Waals surface area (Å²) in [6.45, 7) is 1.94. The number of rotatable bonds is 3. The summed E-state index contributed by atoms with van der Waals surface area (Å²) in [6.07, 6.45) is 2.42. The van der Waals surface area contributed by atoms with E-state index < -0.39 is 5.97 Å². The van der Waals surface area contributed by atoms with Gasteiger partial charge >= 0.3 is 12.0 Å². The molecule has 0 aromatic carbocycles. The van der Waals surface area contributed by atoms with Crippen LogP contribution in [0.2, 0.25) is 0 Å². The van der Waals surface area contributed by atoms with Gasteiger partial charge in [-0.05, 0) is 6.92 Å². The van der Waals surface area contributed by atoms with Crippen molar-refractivity contribution in [2.24, 2.45) is 0 Å². The number of carbonyl (C=O) groups excluding carboxylic acids is 1. The van der Waals surface area contributed by atoms with Crippen LogP contribution >= 0.6 is 0 Å². The molecular formula is C9H7N5O3. The molecule has 0 aliphatic carbocycles. The van der Waals surface area contributed by atoms with Gasteiger partial charge in [0.25, 0.3) is 5.82 Å². The molecule has 2 heterocycles. The molecule has 0 spiro atoms. The van der Waals surface area contributed by atoms with Crippen LogP contribution in [0.4, 0.5) is 0 Å². The van der Waals surface area contributed by atoms with Crippen molar-refractivity contribution in [3.63, 3.8) is 0 Å². The van der Waals surface area contributed by atoms with E-state index in [4.69, 9.17) is 14.4 Å². The first-order valence-corrected chi connectivity index (χ1v) is 4.69. The summed E-state index contributed by atoms with van der Waals surface area (Å²) in [5.74, 6) is -0.594. The summed E-state index contributed by atoms with van der Waals surface area (Å²) in [5.41, 5.74) is 0.0378. The van der Waals surface area contributed by atoms with Crippen LogP contribution in [-0.4, -0.2) is 32.3 Å². The van der Waals surface area contributed by atoms with E-state index in [0.29, 0.717) is 0 Å². The Bertz CT molecular complexity index is 579. The Hall–Kier alpha value is -2.69. The molecule has 2 rings (SSSR count). The van der Waals surface area contributed by atoms with Gasteiger partial charge in [-0.3, -0.25) is 0 Å². The van der Waals surface area contributed by atoms with Gasteiger partial charge in [-0.2, -0.15) is 14.9 Å². The van der Waals surface area contributed by atoms with Crippen molar-refractivity contribution in [1.82, 2.24) is 19.7 Å². The molecular weight excluding hydrogens is 226 g/mol. The minimum Gasteiger partial charge on any atom is -0.461 e. The van der Waals surface area contributed by atoms with Crippen molar-refractivity contribution in [2.75, 3.05) is 6.61 Å². The SMILES string of the molecule is CCOC(=O)c1coc(-n2cnc(C#N)n2)n1. The number of carbonyl (C=O) groups is 1.